The topological polar surface area (TPSA) is 199 Å². The highest BCUT2D eigenvalue weighted by molar-refractivity contribution is 7.79. The molecule has 0 unspecified atom stereocenters. The number of methoxy groups -OCH3 is 2. The lowest BCUT2D eigenvalue weighted by atomic mass is 10.2. The predicted molar refractivity (Wildman–Crippen MR) is 127 cm³/mol. The van der Waals surface area contributed by atoms with E-state index in [4.69, 9.17) is 49.3 Å². The molecule has 184 valence electrons. The van der Waals surface area contributed by atoms with Crippen molar-refractivity contribution < 1.29 is 27.0 Å². The average Bonchev–Trinajstić information content (AvgIpc) is 2.74. The minimum atomic E-state index is -4.67. The van der Waals surface area contributed by atoms with Crippen LogP contribution in [0.2, 0.25) is 0 Å². The van der Waals surface area contributed by atoms with Crippen molar-refractivity contribution in [3.8, 4) is 11.5 Å². The Kier molecular flexibility index (Phi) is 12.9. The van der Waals surface area contributed by atoms with Crippen LogP contribution in [0, 0.1) is 10.8 Å². The van der Waals surface area contributed by atoms with Crippen molar-refractivity contribution >= 4 is 22.3 Å². The van der Waals surface area contributed by atoms with Crippen LogP contribution in [0.3, 0.4) is 0 Å². The zero-order valence-electron chi connectivity index (χ0n) is 19.0. The van der Waals surface area contributed by atoms with Crippen molar-refractivity contribution in [2.75, 3.05) is 28.3 Å². The van der Waals surface area contributed by atoms with Gasteiger partial charge in [0.2, 0.25) is 0 Å². The normalized spacial score (nSPS) is 9.88. The number of nitrogens with one attached hydrogen (secondary N) is 2. The van der Waals surface area contributed by atoms with Crippen molar-refractivity contribution in [2.24, 2.45) is 11.5 Å². The number of nitrogens with two attached hydrogens (primary N) is 2. The Hall–Kier alpha value is -3.55. The van der Waals surface area contributed by atoms with Crippen molar-refractivity contribution in [1.82, 2.24) is 9.80 Å². The van der Waals surface area contributed by atoms with Gasteiger partial charge < -0.3 is 30.7 Å². The summed E-state index contributed by atoms with van der Waals surface area (Å²) in [7, 11) is 2.17. The quantitative estimate of drug-likeness (QED) is 0.198. The molecule has 0 aliphatic heterocycles. The highest BCUT2D eigenvalue weighted by atomic mass is 32.3. The van der Waals surface area contributed by atoms with E-state index in [1.807, 2.05) is 48.5 Å². The Morgan fingerprint density at radius 1 is 0.788 bits per heavy atom. The Labute approximate surface area is 194 Å². The van der Waals surface area contributed by atoms with Gasteiger partial charge in [0, 0.05) is 27.2 Å². The third-order valence-electron chi connectivity index (χ3n) is 3.98. The van der Waals surface area contributed by atoms with Crippen LogP contribution in [-0.2, 0) is 23.5 Å². The number of hydrogen-bond acceptors (Lipinski definition) is 6. The van der Waals surface area contributed by atoms with E-state index in [2.05, 4.69) is 0 Å². The fraction of sp³-hybridized carbons (Fsp3) is 0.300. The molecule has 0 aliphatic carbocycles. The summed E-state index contributed by atoms with van der Waals surface area (Å²) >= 11 is 0. The fourth-order valence-electron chi connectivity index (χ4n) is 2.18. The summed E-state index contributed by atoms with van der Waals surface area (Å²) < 4.78 is 41.7. The Morgan fingerprint density at radius 3 is 1.21 bits per heavy atom. The van der Waals surface area contributed by atoms with Gasteiger partial charge in [0.1, 0.15) is 11.5 Å². The zero-order valence-corrected chi connectivity index (χ0v) is 19.8. The van der Waals surface area contributed by atoms with Crippen LogP contribution in [-0.4, -0.2) is 67.6 Å². The summed E-state index contributed by atoms with van der Waals surface area (Å²) in [5.74, 6) is 1.81. The highest BCUT2D eigenvalue weighted by Crippen LogP contribution is 2.13. The van der Waals surface area contributed by atoms with Crippen molar-refractivity contribution in [1.29, 1.82) is 10.8 Å². The van der Waals surface area contributed by atoms with Crippen LogP contribution in [0.25, 0.3) is 0 Å². The largest absolute Gasteiger partial charge is 0.497 e. The fourth-order valence-corrected chi connectivity index (χ4v) is 2.18. The molecule has 2 aromatic carbocycles. The Balaban J connectivity index is 0.000000517. The molecule has 0 aliphatic rings. The van der Waals surface area contributed by atoms with Gasteiger partial charge in [0.15, 0.2) is 11.9 Å². The Bertz CT molecular complexity index is 894. The number of benzene rings is 2. The molecule has 0 amide bonds. The first kappa shape index (κ1) is 29.5. The molecule has 2 aromatic rings. The third kappa shape index (κ3) is 15.0. The summed E-state index contributed by atoms with van der Waals surface area (Å²) in [5, 5.41) is 14.4. The van der Waals surface area contributed by atoms with Crippen LogP contribution in [0.5, 0.6) is 11.5 Å². The zero-order chi connectivity index (χ0) is 25.6. The maximum atomic E-state index is 8.74. The van der Waals surface area contributed by atoms with Crippen LogP contribution in [0.4, 0.5) is 0 Å². The molecule has 0 saturated carbocycles. The standard InChI is InChI=1S/2C10H15N3O.H2O4S/c2*1-13(10(11)12)7-8-3-5-9(14-2)6-4-8;1-5(2,3)4/h2*3-6H,7H2,1-2H3,(H3,11,12);(H2,1,2,3,4). The smallest absolute Gasteiger partial charge is 0.394 e. The number of nitrogens with zero attached hydrogens (tertiary/aromatic N) is 2. The minimum absolute atomic E-state index is 0.0702. The molecule has 0 heterocycles. The molecule has 8 N–H and O–H groups in total. The second kappa shape index (κ2) is 14.5. The second-order valence-corrected chi connectivity index (χ2v) is 7.52. The van der Waals surface area contributed by atoms with Crippen LogP contribution in [0.1, 0.15) is 11.1 Å². The summed E-state index contributed by atoms with van der Waals surface area (Å²) in [6.07, 6.45) is 0. The maximum absolute atomic E-state index is 8.74. The molecule has 33 heavy (non-hydrogen) atoms. The molecular formula is C20H32N6O6S. The monoisotopic (exact) mass is 484 g/mol. The molecule has 0 atom stereocenters. The van der Waals surface area contributed by atoms with E-state index < -0.39 is 10.4 Å². The van der Waals surface area contributed by atoms with Gasteiger partial charge in [-0.25, -0.2) is 0 Å². The SMILES string of the molecule is COc1ccc(CN(C)C(=N)N)cc1.COc1ccc(CN(C)C(=N)N)cc1.O=S(=O)(O)O. The van der Waals surface area contributed by atoms with E-state index in [9.17, 15) is 0 Å². The second-order valence-electron chi connectivity index (χ2n) is 6.63. The summed E-state index contributed by atoms with van der Waals surface area (Å²) in [6, 6.07) is 15.4. The van der Waals surface area contributed by atoms with Gasteiger partial charge in [-0.05, 0) is 35.4 Å². The van der Waals surface area contributed by atoms with E-state index in [1.54, 1.807) is 38.1 Å². The van der Waals surface area contributed by atoms with E-state index in [-0.39, 0.29) is 11.9 Å². The van der Waals surface area contributed by atoms with E-state index >= 15 is 0 Å². The van der Waals surface area contributed by atoms with Crippen molar-refractivity contribution in [3.63, 3.8) is 0 Å². The van der Waals surface area contributed by atoms with Gasteiger partial charge in [-0.15, -0.1) is 0 Å². The molecule has 13 heteroatoms. The predicted octanol–water partition coefficient (Wildman–Crippen LogP) is 1.39. The minimum Gasteiger partial charge on any atom is -0.497 e. The van der Waals surface area contributed by atoms with Crippen LogP contribution >= 0.6 is 0 Å². The van der Waals surface area contributed by atoms with Crippen molar-refractivity contribution in [3.05, 3.63) is 59.7 Å². The first-order chi connectivity index (χ1) is 15.3. The molecule has 0 bridgehead atoms. The molecule has 2 rings (SSSR count). The molecule has 0 saturated heterocycles. The number of rotatable bonds is 6. The maximum Gasteiger partial charge on any atom is 0.394 e. The van der Waals surface area contributed by atoms with Gasteiger partial charge in [-0.3, -0.25) is 19.9 Å². The molecule has 0 spiro atoms. The molecule has 0 aromatic heterocycles. The first-order valence-electron chi connectivity index (χ1n) is 9.32. The molecule has 0 fully saturated rings. The van der Waals surface area contributed by atoms with Gasteiger partial charge in [-0.2, -0.15) is 8.42 Å². The third-order valence-corrected chi connectivity index (χ3v) is 3.98. The number of ether oxygens (including phenoxy) is 2. The summed E-state index contributed by atoms with van der Waals surface area (Å²) in [4.78, 5) is 3.34. The van der Waals surface area contributed by atoms with E-state index in [1.165, 1.54) is 0 Å². The van der Waals surface area contributed by atoms with Gasteiger partial charge in [-0.1, -0.05) is 24.3 Å². The lowest BCUT2D eigenvalue weighted by molar-refractivity contribution is 0.381. The van der Waals surface area contributed by atoms with Crippen molar-refractivity contribution in [2.45, 2.75) is 13.1 Å². The lowest BCUT2D eigenvalue weighted by Crippen LogP contribution is -2.32. The summed E-state index contributed by atoms with van der Waals surface area (Å²) in [6.45, 7) is 1.28. The van der Waals surface area contributed by atoms with E-state index in [0.29, 0.717) is 13.1 Å². The Morgan fingerprint density at radius 2 is 1.03 bits per heavy atom. The average molecular weight is 485 g/mol. The van der Waals surface area contributed by atoms with Crippen LogP contribution in [0.15, 0.2) is 48.5 Å². The number of guanidine groups is 2. The highest BCUT2D eigenvalue weighted by Gasteiger charge is 2.02. The first-order valence-corrected chi connectivity index (χ1v) is 10.7. The number of hydrogen-bond donors (Lipinski definition) is 6. The van der Waals surface area contributed by atoms with E-state index in [0.717, 1.165) is 22.6 Å². The van der Waals surface area contributed by atoms with Gasteiger partial charge in [0.05, 0.1) is 14.2 Å². The molecular weight excluding hydrogens is 452 g/mol. The lowest BCUT2D eigenvalue weighted by Gasteiger charge is -2.16. The van der Waals surface area contributed by atoms with Crippen LogP contribution < -0.4 is 20.9 Å². The summed E-state index contributed by atoms with van der Waals surface area (Å²) in [5.41, 5.74) is 12.8. The molecule has 12 nitrogen and oxygen atoms in total. The van der Waals surface area contributed by atoms with Gasteiger partial charge >= 0.3 is 10.4 Å². The van der Waals surface area contributed by atoms with Gasteiger partial charge in [0.25, 0.3) is 0 Å². The molecule has 0 radical (unpaired) electrons.